The molecule has 1 aliphatic heterocycles. The minimum absolute atomic E-state index is 0.0469. The molecule has 9 nitrogen and oxygen atoms in total. The van der Waals surface area contributed by atoms with Gasteiger partial charge in [-0.3, -0.25) is 14.5 Å². The highest BCUT2D eigenvalue weighted by Gasteiger charge is 2.35. The van der Waals surface area contributed by atoms with E-state index in [1.165, 1.54) is 24.3 Å². The molecule has 0 unspecified atom stereocenters. The van der Waals surface area contributed by atoms with Crippen LogP contribution in [-0.2, 0) is 11.3 Å². The highest BCUT2D eigenvalue weighted by molar-refractivity contribution is 5.82. The number of ether oxygens (including phenoxy) is 1. The van der Waals surface area contributed by atoms with E-state index < -0.39 is 12.1 Å². The van der Waals surface area contributed by atoms with E-state index in [1.807, 2.05) is 20.8 Å². The molecule has 156 valence electrons. The van der Waals surface area contributed by atoms with E-state index in [0.717, 1.165) is 0 Å². The number of rotatable bonds is 5. The van der Waals surface area contributed by atoms with Gasteiger partial charge in [-0.15, -0.1) is 0 Å². The van der Waals surface area contributed by atoms with Crippen molar-refractivity contribution in [3.8, 4) is 5.75 Å². The maximum Gasteiger partial charge on any atom is 0.407 e. The summed E-state index contributed by atoms with van der Waals surface area (Å²) in [5.41, 5.74) is 5.35. The van der Waals surface area contributed by atoms with Gasteiger partial charge in [-0.05, 0) is 18.3 Å². The molecule has 3 N–H and O–H groups in total. The Hall–Kier alpha value is -2.55. The first kappa shape index (κ1) is 21.7. The van der Waals surface area contributed by atoms with E-state index in [2.05, 4.69) is 0 Å². The van der Waals surface area contributed by atoms with Crippen molar-refractivity contribution >= 4 is 12.0 Å². The van der Waals surface area contributed by atoms with Gasteiger partial charge in [-0.25, -0.2) is 4.79 Å². The third kappa shape index (κ3) is 5.03. The number of carboxylic acid groups (broad SMARTS) is 1. The van der Waals surface area contributed by atoms with Crippen LogP contribution in [0.5, 0.6) is 5.75 Å². The second-order valence-corrected chi connectivity index (χ2v) is 8.09. The molecule has 1 fully saturated rings. The zero-order valence-corrected chi connectivity index (χ0v) is 16.8. The molecule has 0 bridgehead atoms. The quantitative estimate of drug-likeness (QED) is 0.773. The van der Waals surface area contributed by atoms with Crippen LogP contribution in [0.3, 0.4) is 0 Å². The maximum absolute atomic E-state index is 12.6. The molecule has 1 aromatic rings. The third-order valence-corrected chi connectivity index (χ3v) is 5.06. The van der Waals surface area contributed by atoms with Gasteiger partial charge >= 0.3 is 6.09 Å². The molecule has 2 amide bonds. The Labute approximate surface area is 164 Å². The molecule has 0 radical (unpaired) electrons. The second-order valence-electron chi connectivity index (χ2n) is 8.09. The first-order chi connectivity index (χ1) is 13.0. The molecule has 0 spiro atoms. The number of hydrogen-bond donors (Lipinski definition) is 2. The smallest absolute Gasteiger partial charge is 0.407 e. The summed E-state index contributed by atoms with van der Waals surface area (Å²) in [5.74, 6) is 0.183. The van der Waals surface area contributed by atoms with Gasteiger partial charge in [-0.2, -0.15) is 0 Å². The average Bonchev–Trinajstić information content (AvgIpc) is 2.64. The van der Waals surface area contributed by atoms with Gasteiger partial charge in [0.1, 0.15) is 12.0 Å². The van der Waals surface area contributed by atoms with Gasteiger partial charge in [0.05, 0.1) is 19.7 Å². The normalized spacial score (nSPS) is 16.5. The van der Waals surface area contributed by atoms with Crippen molar-refractivity contribution in [3.05, 3.63) is 28.3 Å². The van der Waals surface area contributed by atoms with Gasteiger partial charge in [0.15, 0.2) is 0 Å². The summed E-state index contributed by atoms with van der Waals surface area (Å²) in [4.78, 5) is 39.1. The van der Waals surface area contributed by atoms with Crippen LogP contribution in [0.4, 0.5) is 4.79 Å². The number of amides is 2. The summed E-state index contributed by atoms with van der Waals surface area (Å²) in [5, 5.41) is 9.61. The number of piperidine rings is 1. The average molecular weight is 395 g/mol. The fraction of sp³-hybridized carbons (Fsp3) is 0.632. The van der Waals surface area contributed by atoms with Crippen LogP contribution in [0.15, 0.2) is 21.5 Å². The monoisotopic (exact) mass is 395 g/mol. The van der Waals surface area contributed by atoms with Gasteiger partial charge in [0.2, 0.25) is 17.1 Å². The first-order valence-corrected chi connectivity index (χ1v) is 9.24. The molecule has 9 heteroatoms. The van der Waals surface area contributed by atoms with Crippen molar-refractivity contribution in [3.63, 3.8) is 0 Å². The van der Waals surface area contributed by atoms with Crippen LogP contribution < -0.4 is 15.9 Å². The fourth-order valence-corrected chi connectivity index (χ4v) is 3.16. The van der Waals surface area contributed by atoms with Gasteiger partial charge in [0, 0.05) is 25.2 Å². The standard InChI is InChI=1S/C19H29N3O6/c1-19(2,3)16(20)17(24)21-7-5-12(6-8-21)22(18(25)26)10-13-9-14(23)15(27-4)11-28-13/h9,11-12,16H,5-8,10,20H2,1-4H3,(H,25,26)/t16-/m1/s1. The number of carbonyl (C=O) groups excluding carboxylic acids is 1. The van der Waals surface area contributed by atoms with Gasteiger partial charge in [-0.1, -0.05) is 20.8 Å². The van der Waals surface area contributed by atoms with Crippen molar-refractivity contribution in [2.24, 2.45) is 11.1 Å². The predicted octanol–water partition coefficient (Wildman–Crippen LogP) is 1.49. The molecular formula is C19H29N3O6. The number of likely N-dealkylation sites (tertiary alicyclic amines) is 1. The molecule has 1 saturated heterocycles. The summed E-state index contributed by atoms with van der Waals surface area (Å²) in [6.07, 6.45) is 1.06. The molecule has 1 aromatic heterocycles. The lowest BCUT2D eigenvalue weighted by molar-refractivity contribution is -0.136. The number of nitrogens with two attached hydrogens (primary N) is 1. The van der Waals surface area contributed by atoms with E-state index >= 15 is 0 Å². The second kappa shape index (κ2) is 8.64. The van der Waals surface area contributed by atoms with E-state index in [4.69, 9.17) is 14.9 Å². The van der Waals surface area contributed by atoms with Crippen LogP contribution in [0.25, 0.3) is 0 Å². The Morgan fingerprint density at radius 1 is 1.39 bits per heavy atom. The minimum atomic E-state index is -1.10. The Balaban J connectivity index is 2.03. The Bertz CT molecular complexity index is 762. The van der Waals surface area contributed by atoms with Gasteiger partial charge < -0.3 is 24.9 Å². The lowest BCUT2D eigenvalue weighted by atomic mass is 9.86. The molecule has 2 rings (SSSR count). The predicted molar refractivity (Wildman–Crippen MR) is 102 cm³/mol. The number of hydrogen-bond acceptors (Lipinski definition) is 6. The largest absolute Gasteiger partial charge is 0.490 e. The zero-order valence-electron chi connectivity index (χ0n) is 16.8. The zero-order chi connectivity index (χ0) is 21.1. The van der Waals surface area contributed by atoms with E-state index in [9.17, 15) is 19.5 Å². The van der Waals surface area contributed by atoms with Crippen LogP contribution in [0, 0.1) is 5.41 Å². The Kier molecular flexibility index (Phi) is 6.71. The molecule has 1 aliphatic rings. The number of carbonyl (C=O) groups is 2. The van der Waals surface area contributed by atoms with Crippen LogP contribution in [0.1, 0.15) is 39.4 Å². The maximum atomic E-state index is 12.6. The van der Waals surface area contributed by atoms with Crippen molar-refractivity contribution in [2.75, 3.05) is 20.2 Å². The van der Waals surface area contributed by atoms with Crippen LogP contribution in [-0.4, -0.2) is 59.2 Å². The molecule has 28 heavy (non-hydrogen) atoms. The molecule has 2 heterocycles. The molecule has 1 atom stereocenters. The minimum Gasteiger partial charge on any atom is -0.490 e. The lowest BCUT2D eigenvalue weighted by Gasteiger charge is -2.39. The summed E-state index contributed by atoms with van der Waals surface area (Å²) in [6, 6.07) is 0.350. The Morgan fingerprint density at radius 3 is 2.46 bits per heavy atom. The highest BCUT2D eigenvalue weighted by atomic mass is 16.5. The molecule has 0 aromatic carbocycles. The fourth-order valence-electron chi connectivity index (χ4n) is 3.16. The van der Waals surface area contributed by atoms with Crippen LogP contribution >= 0.6 is 0 Å². The van der Waals surface area contributed by atoms with E-state index in [-0.39, 0.29) is 40.8 Å². The van der Waals surface area contributed by atoms with Gasteiger partial charge in [0.25, 0.3) is 0 Å². The topological polar surface area (TPSA) is 126 Å². The summed E-state index contributed by atoms with van der Waals surface area (Å²) >= 11 is 0. The molecule has 0 saturated carbocycles. The van der Waals surface area contributed by atoms with Crippen molar-refractivity contribution in [1.29, 1.82) is 0 Å². The lowest BCUT2D eigenvalue weighted by Crippen LogP contribution is -2.54. The highest BCUT2D eigenvalue weighted by Crippen LogP contribution is 2.23. The van der Waals surface area contributed by atoms with Crippen molar-refractivity contribution < 1.29 is 23.8 Å². The third-order valence-electron chi connectivity index (χ3n) is 5.06. The number of nitrogens with zero attached hydrogens (tertiary/aromatic N) is 2. The SMILES string of the molecule is COc1coc(CN(C(=O)O)C2CCN(C(=O)[C@@H](N)C(C)(C)C)CC2)cc1=O. The van der Waals surface area contributed by atoms with E-state index in [0.29, 0.717) is 25.9 Å². The van der Waals surface area contributed by atoms with Crippen LogP contribution in [0.2, 0.25) is 0 Å². The van der Waals surface area contributed by atoms with Crippen molar-refractivity contribution in [1.82, 2.24) is 9.80 Å². The summed E-state index contributed by atoms with van der Waals surface area (Å²) in [7, 11) is 1.36. The van der Waals surface area contributed by atoms with Crippen molar-refractivity contribution in [2.45, 2.75) is 52.2 Å². The first-order valence-electron chi connectivity index (χ1n) is 9.24. The summed E-state index contributed by atoms with van der Waals surface area (Å²) < 4.78 is 10.2. The Morgan fingerprint density at radius 2 is 2.00 bits per heavy atom. The van der Waals surface area contributed by atoms with E-state index in [1.54, 1.807) is 4.90 Å². The molecular weight excluding hydrogens is 366 g/mol. The molecule has 0 aliphatic carbocycles. The number of methoxy groups -OCH3 is 1. The summed E-state index contributed by atoms with van der Waals surface area (Å²) in [6.45, 7) is 6.56.